The standard InChI is InChI=1S/C27H25N2O6.BrH/c1-32-24-8-7-18-12-23-21-14-26(34-3)25(33-2)13-19(21)9-10-28(23)15-22(18)27(24)35-16-17-5-4-6-20(11-17)29(30)31;/h4-8,11-15H,9-10,16H2,1-3H3;1H/q+1;. The molecule has 0 radical (unpaired) electrons. The summed E-state index contributed by atoms with van der Waals surface area (Å²) in [5, 5.41) is 13.0. The van der Waals surface area contributed by atoms with Crippen molar-refractivity contribution in [1.82, 2.24) is 0 Å². The molecule has 0 fully saturated rings. The fraction of sp³-hybridized carbons (Fsp3) is 0.222. The van der Waals surface area contributed by atoms with E-state index in [4.69, 9.17) is 18.9 Å². The van der Waals surface area contributed by atoms with Crippen molar-refractivity contribution in [1.29, 1.82) is 0 Å². The van der Waals surface area contributed by atoms with Gasteiger partial charge in [-0.2, -0.15) is 4.57 Å². The summed E-state index contributed by atoms with van der Waals surface area (Å²) < 4.78 is 25.0. The number of nitro groups is 1. The SMILES string of the molecule is Br.COc1cc2c(cc1OC)-c1cc3ccc(OC)c(OCc4cccc([N+](=O)[O-])c4)c3c[n+]1CC2. The lowest BCUT2D eigenvalue weighted by Crippen LogP contribution is -2.40. The van der Waals surface area contributed by atoms with Crippen LogP contribution in [0.1, 0.15) is 11.1 Å². The Bertz CT molecular complexity index is 1460. The van der Waals surface area contributed by atoms with Gasteiger partial charge in [0.25, 0.3) is 5.69 Å². The first-order valence-electron chi connectivity index (χ1n) is 11.2. The van der Waals surface area contributed by atoms with Crippen LogP contribution in [0.15, 0.2) is 60.8 Å². The number of fused-ring (bicyclic) bond motifs is 4. The molecule has 9 heteroatoms. The predicted octanol–water partition coefficient (Wildman–Crippen LogP) is 5.44. The quantitative estimate of drug-likeness (QED) is 0.172. The molecule has 4 aromatic rings. The molecule has 0 aliphatic carbocycles. The highest BCUT2D eigenvalue weighted by molar-refractivity contribution is 8.93. The Balaban J connectivity index is 0.00000304. The lowest BCUT2D eigenvalue weighted by molar-refractivity contribution is -0.686. The Labute approximate surface area is 218 Å². The molecule has 0 saturated heterocycles. The summed E-state index contributed by atoms with van der Waals surface area (Å²) in [5.41, 5.74) is 4.13. The zero-order valence-electron chi connectivity index (χ0n) is 20.1. The molecule has 1 aliphatic rings. The first-order valence-corrected chi connectivity index (χ1v) is 11.2. The molecule has 36 heavy (non-hydrogen) atoms. The van der Waals surface area contributed by atoms with Gasteiger partial charge in [-0.25, -0.2) is 0 Å². The Morgan fingerprint density at radius 3 is 2.42 bits per heavy atom. The average molecular weight is 554 g/mol. The van der Waals surface area contributed by atoms with E-state index in [1.165, 1.54) is 17.7 Å². The van der Waals surface area contributed by atoms with E-state index in [0.29, 0.717) is 22.8 Å². The van der Waals surface area contributed by atoms with E-state index in [1.807, 2.05) is 24.3 Å². The molecule has 0 bridgehead atoms. The van der Waals surface area contributed by atoms with Crippen LogP contribution in [0.4, 0.5) is 5.69 Å². The van der Waals surface area contributed by atoms with Crippen molar-refractivity contribution < 1.29 is 28.4 Å². The van der Waals surface area contributed by atoms with E-state index in [1.54, 1.807) is 33.5 Å². The molecule has 2 heterocycles. The van der Waals surface area contributed by atoms with Gasteiger partial charge in [-0.3, -0.25) is 10.1 Å². The third-order valence-corrected chi connectivity index (χ3v) is 6.31. The number of non-ortho nitro benzene ring substituents is 1. The van der Waals surface area contributed by atoms with Crippen molar-refractivity contribution >= 4 is 33.4 Å². The van der Waals surface area contributed by atoms with Crippen molar-refractivity contribution in [3.8, 4) is 34.3 Å². The zero-order valence-corrected chi connectivity index (χ0v) is 21.9. The summed E-state index contributed by atoms with van der Waals surface area (Å²) in [6, 6.07) is 16.5. The number of aromatic nitrogens is 1. The highest BCUT2D eigenvalue weighted by Crippen LogP contribution is 2.40. The molecule has 0 spiro atoms. The van der Waals surface area contributed by atoms with Crippen LogP contribution in [0.25, 0.3) is 22.0 Å². The molecule has 0 N–H and O–H groups in total. The molecular weight excluding hydrogens is 528 g/mol. The fourth-order valence-electron chi connectivity index (χ4n) is 4.56. The van der Waals surface area contributed by atoms with Gasteiger partial charge in [0.15, 0.2) is 35.7 Å². The maximum atomic E-state index is 11.1. The molecule has 0 amide bonds. The van der Waals surface area contributed by atoms with Gasteiger partial charge in [-0.15, -0.1) is 17.0 Å². The number of halogens is 1. The highest BCUT2D eigenvalue weighted by Gasteiger charge is 2.27. The molecule has 1 aromatic heterocycles. The van der Waals surface area contributed by atoms with Crippen LogP contribution < -0.4 is 23.5 Å². The number of nitro benzene ring substituents is 1. The average Bonchev–Trinajstić information content (AvgIpc) is 2.89. The third-order valence-electron chi connectivity index (χ3n) is 6.31. The van der Waals surface area contributed by atoms with Gasteiger partial charge in [-0.1, -0.05) is 12.1 Å². The van der Waals surface area contributed by atoms with Crippen LogP contribution in [0.3, 0.4) is 0 Å². The molecule has 3 aromatic carbocycles. The lowest BCUT2D eigenvalue weighted by atomic mass is 9.95. The number of aryl methyl sites for hydroxylation is 2. The topological polar surface area (TPSA) is 83.9 Å². The number of hydrogen-bond acceptors (Lipinski definition) is 6. The van der Waals surface area contributed by atoms with Crippen LogP contribution in [-0.4, -0.2) is 26.3 Å². The van der Waals surface area contributed by atoms with E-state index in [-0.39, 0.29) is 29.3 Å². The number of ether oxygens (including phenoxy) is 4. The van der Waals surface area contributed by atoms with Crippen LogP contribution in [0, 0.1) is 10.1 Å². The van der Waals surface area contributed by atoms with E-state index in [9.17, 15) is 10.1 Å². The van der Waals surface area contributed by atoms with Gasteiger partial charge in [0.1, 0.15) is 6.61 Å². The number of methoxy groups -OCH3 is 3. The summed E-state index contributed by atoms with van der Waals surface area (Å²) in [4.78, 5) is 10.7. The molecule has 0 atom stereocenters. The summed E-state index contributed by atoms with van der Waals surface area (Å²) in [6.07, 6.45) is 2.93. The van der Waals surface area contributed by atoms with Gasteiger partial charge < -0.3 is 18.9 Å². The Hall–Kier alpha value is -3.85. The second kappa shape index (κ2) is 10.4. The summed E-state index contributed by atoms with van der Waals surface area (Å²) in [7, 11) is 4.88. The first kappa shape index (κ1) is 25.2. The Morgan fingerprint density at radius 2 is 1.69 bits per heavy atom. The minimum atomic E-state index is -0.409. The summed E-state index contributed by atoms with van der Waals surface area (Å²) >= 11 is 0. The van der Waals surface area contributed by atoms with Gasteiger partial charge in [-0.05, 0) is 40.8 Å². The van der Waals surface area contributed by atoms with Gasteiger partial charge in [0, 0.05) is 24.6 Å². The van der Waals surface area contributed by atoms with E-state index >= 15 is 0 Å². The third kappa shape index (κ3) is 4.54. The van der Waals surface area contributed by atoms with E-state index < -0.39 is 4.92 Å². The van der Waals surface area contributed by atoms with Gasteiger partial charge >= 0.3 is 0 Å². The maximum Gasteiger partial charge on any atom is 0.269 e. The molecule has 186 valence electrons. The number of rotatable bonds is 7. The smallest absolute Gasteiger partial charge is 0.269 e. The minimum Gasteiger partial charge on any atom is -0.493 e. The lowest BCUT2D eigenvalue weighted by Gasteiger charge is -2.19. The van der Waals surface area contributed by atoms with Crippen molar-refractivity contribution in [3.63, 3.8) is 0 Å². The van der Waals surface area contributed by atoms with Crippen molar-refractivity contribution in [2.24, 2.45) is 0 Å². The maximum absolute atomic E-state index is 11.1. The van der Waals surface area contributed by atoms with Crippen molar-refractivity contribution in [2.45, 2.75) is 19.6 Å². The minimum absolute atomic E-state index is 0. The van der Waals surface area contributed by atoms with Crippen molar-refractivity contribution in [3.05, 3.63) is 82.0 Å². The van der Waals surface area contributed by atoms with Crippen LogP contribution in [0.2, 0.25) is 0 Å². The summed E-state index contributed by atoms with van der Waals surface area (Å²) in [6.45, 7) is 0.980. The normalized spacial score (nSPS) is 11.6. The molecule has 1 aliphatic heterocycles. The van der Waals surface area contributed by atoms with Crippen LogP contribution in [0.5, 0.6) is 23.0 Å². The second-order valence-electron chi connectivity index (χ2n) is 8.28. The van der Waals surface area contributed by atoms with E-state index in [2.05, 4.69) is 16.8 Å². The molecule has 0 unspecified atom stereocenters. The second-order valence-corrected chi connectivity index (χ2v) is 8.28. The number of pyridine rings is 1. The largest absolute Gasteiger partial charge is 0.493 e. The monoisotopic (exact) mass is 553 g/mol. The molecule has 8 nitrogen and oxygen atoms in total. The summed E-state index contributed by atoms with van der Waals surface area (Å²) in [5.74, 6) is 2.62. The molecule has 0 saturated carbocycles. The fourth-order valence-corrected chi connectivity index (χ4v) is 4.56. The Morgan fingerprint density at radius 1 is 0.944 bits per heavy atom. The van der Waals surface area contributed by atoms with Crippen molar-refractivity contribution in [2.75, 3.05) is 21.3 Å². The predicted molar refractivity (Wildman–Crippen MR) is 141 cm³/mol. The van der Waals surface area contributed by atoms with Gasteiger partial charge in [0.05, 0.1) is 37.2 Å². The van der Waals surface area contributed by atoms with Crippen LogP contribution in [-0.2, 0) is 19.6 Å². The number of benzene rings is 3. The van der Waals surface area contributed by atoms with Gasteiger partial charge in [0.2, 0.25) is 5.69 Å². The number of nitrogens with zero attached hydrogens (tertiary/aromatic N) is 2. The van der Waals surface area contributed by atoms with Crippen LogP contribution >= 0.6 is 17.0 Å². The molecule has 5 rings (SSSR count). The van der Waals surface area contributed by atoms with E-state index in [0.717, 1.165) is 40.7 Å². The Kier molecular flexibility index (Phi) is 7.30. The highest BCUT2D eigenvalue weighted by atomic mass is 79.9. The zero-order chi connectivity index (χ0) is 24.5. The number of hydrogen-bond donors (Lipinski definition) is 0. The first-order chi connectivity index (χ1) is 17.0. The molecular formula is C27H26BrN2O6+.